The molecule has 0 radical (unpaired) electrons. The van der Waals surface area contributed by atoms with Gasteiger partial charge in [0.15, 0.2) is 0 Å². The van der Waals surface area contributed by atoms with E-state index in [1.54, 1.807) is 0 Å². The average Bonchev–Trinajstić information content (AvgIpc) is 2.15. The summed E-state index contributed by atoms with van der Waals surface area (Å²) in [5, 5.41) is 3.53. The summed E-state index contributed by atoms with van der Waals surface area (Å²) in [6, 6.07) is 0.746. The molecule has 0 spiro atoms. The molecule has 0 amide bonds. The van der Waals surface area contributed by atoms with Gasteiger partial charge in [-0.25, -0.2) is 0 Å². The third-order valence-corrected chi connectivity index (χ3v) is 2.97. The van der Waals surface area contributed by atoms with E-state index in [1.165, 1.54) is 25.7 Å². The van der Waals surface area contributed by atoms with Crippen molar-refractivity contribution < 1.29 is 0 Å². The predicted molar refractivity (Wildman–Crippen MR) is 59.3 cm³/mol. The fourth-order valence-electron chi connectivity index (χ4n) is 1.85. The molecule has 76 valence electrons. The van der Waals surface area contributed by atoms with Crippen molar-refractivity contribution >= 4 is 11.6 Å². The summed E-state index contributed by atoms with van der Waals surface area (Å²) in [6.07, 6.45) is 9.57. The largest absolute Gasteiger partial charge is 0.311 e. The van der Waals surface area contributed by atoms with Gasteiger partial charge in [0.05, 0.1) is 0 Å². The maximum atomic E-state index is 5.53. The fourth-order valence-corrected chi connectivity index (χ4v) is 1.97. The van der Waals surface area contributed by atoms with Gasteiger partial charge in [0.2, 0.25) is 0 Å². The van der Waals surface area contributed by atoms with Gasteiger partial charge >= 0.3 is 0 Å². The van der Waals surface area contributed by atoms with Gasteiger partial charge in [0, 0.05) is 18.5 Å². The standard InChI is InChI=1S/C11H20ClN/c1-10-4-6-11(7-5-10)13-9-3-2-8-12/h2-3,10-11,13H,4-9H2,1H3/b3-2+. The topological polar surface area (TPSA) is 12.0 Å². The number of hydrogen-bond acceptors (Lipinski definition) is 1. The lowest BCUT2D eigenvalue weighted by Crippen LogP contribution is -2.32. The molecule has 1 fully saturated rings. The van der Waals surface area contributed by atoms with Crippen LogP contribution in [0.25, 0.3) is 0 Å². The van der Waals surface area contributed by atoms with Crippen LogP contribution in [0.15, 0.2) is 12.2 Å². The van der Waals surface area contributed by atoms with Crippen molar-refractivity contribution in [1.29, 1.82) is 0 Å². The van der Waals surface area contributed by atoms with Crippen molar-refractivity contribution in [2.45, 2.75) is 38.6 Å². The molecule has 0 bridgehead atoms. The Morgan fingerprint density at radius 3 is 2.54 bits per heavy atom. The highest BCUT2D eigenvalue weighted by Gasteiger charge is 2.16. The molecule has 0 unspecified atom stereocenters. The number of alkyl halides is 1. The van der Waals surface area contributed by atoms with Crippen molar-refractivity contribution in [3.63, 3.8) is 0 Å². The molecular weight excluding hydrogens is 182 g/mol. The lowest BCUT2D eigenvalue weighted by molar-refractivity contribution is 0.314. The summed E-state index contributed by atoms with van der Waals surface area (Å²) >= 11 is 5.53. The molecule has 1 saturated carbocycles. The molecule has 2 heteroatoms. The summed E-state index contributed by atoms with van der Waals surface area (Å²) in [5.74, 6) is 1.57. The van der Waals surface area contributed by atoms with Gasteiger partial charge in [0.1, 0.15) is 0 Å². The molecule has 0 aliphatic heterocycles. The van der Waals surface area contributed by atoms with Crippen LogP contribution in [-0.4, -0.2) is 18.5 Å². The number of rotatable bonds is 4. The quantitative estimate of drug-likeness (QED) is 0.545. The van der Waals surface area contributed by atoms with E-state index in [-0.39, 0.29) is 0 Å². The molecule has 0 aromatic rings. The van der Waals surface area contributed by atoms with Gasteiger partial charge in [-0.3, -0.25) is 0 Å². The Bertz CT molecular complexity index is 148. The normalized spacial score (nSPS) is 29.7. The molecule has 0 heterocycles. The second kappa shape index (κ2) is 6.44. The van der Waals surface area contributed by atoms with Crippen molar-refractivity contribution in [1.82, 2.24) is 5.32 Å². The van der Waals surface area contributed by atoms with E-state index in [9.17, 15) is 0 Å². The summed E-state index contributed by atoms with van der Waals surface area (Å²) in [4.78, 5) is 0. The number of nitrogens with one attached hydrogen (secondary N) is 1. The van der Waals surface area contributed by atoms with Gasteiger partial charge in [0.25, 0.3) is 0 Å². The van der Waals surface area contributed by atoms with Crippen molar-refractivity contribution in [2.24, 2.45) is 5.92 Å². The minimum atomic E-state index is 0.628. The highest BCUT2D eigenvalue weighted by atomic mass is 35.5. The van der Waals surface area contributed by atoms with Crippen LogP contribution >= 0.6 is 11.6 Å². The summed E-state index contributed by atoms with van der Waals surface area (Å²) in [6.45, 7) is 3.33. The van der Waals surface area contributed by atoms with Crippen LogP contribution < -0.4 is 5.32 Å². The fraction of sp³-hybridized carbons (Fsp3) is 0.818. The first-order valence-electron chi connectivity index (χ1n) is 5.27. The van der Waals surface area contributed by atoms with Gasteiger partial charge < -0.3 is 5.32 Å². The van der Waals surface area contributed by atoms with Gasteiger partial charge in [-0.2, -0.15) is 0 Å². The Morgan fingerprint density at radius 2 is 1.92 bits per heavy atom. The minimum absolute atomic E-state index is 0.628. The van der Waals surface area contributed by atoms with Crippen LogP contribution in [0.4, 0.5) is 0 Å². The minimum Gasteiger partial charge on any atom is -0.311 e. The second-order valence-corrected chi connectivity index (χ2v) is 4.30. The van der Waals surface area contributed by atoms with Crippen LogP contribution in [-0.2, 0) is 0 Å². The molecule has 1 N–H and O–H groups in total. The maximum absolute atomic E-state index is 5.53. The van der Waals surface area contributed by atoms with E-state index in [0.29, 0.717) is 5.88 Å². The van der Waals surface area contributed by atoms with E-state index in [0.717, 1.165) is 18.5 Å². The Hall–Kier alpha value is -0.0100. The number of hydrogen-bond donors (Lipinski definition) is 1. The second-order valence-electron chi connectivity index (χ2n) is 3.99. The van der Waals surface area contributed by atoms with Crippen molar-refractivity contribution in [3.8, 4) is 0 Å². The molecule has 13 heavy (non-hydrogen) atoms. The van der Waals surface area contributed by atoms with Gasteiger partial charge in [-0.05, 0) is 31.6 Å². The first-order chi connectivity index (χ1) is 6.33. The molecule has 1 rings (SSSR count). The van der Waals surface area contributed by atoms with E-state index >= 15 is 0 Å². The van der Waals surface area contributed by atoms with E-state index < -0.39 is 0 Å². The predicted octanol–water partition coefficient (Wildman–Crippen LogP) is 2.95. The molecule has 0 saturated heterocycles. The summed E-state index contributed by atoms with van der Waals surface area (Å²) in [5.41, 5.74) is 0. The van der Waals surface area contributed by atoms with Crippen LogP contribution in [0, 0.1) is 5.92 Å². The highest BCUT2D eigenvalue weighted by molar-refractivity contribution is 6.18. The lowest BCUT2D eigenvalue weighted by atomic mass is 9.87. The zero-order valence-electron chi connectivity index (χ0n) is 8.43. The maximum Gasteiger partial charge on any atom is 0.0404 e. The van der Waals surface area contributed by atoms with Crippen LogP contribution in [0.3, 0.4) is 0 Å². The SMILES string of the molecule is CC1CCC(NC/C=C/CCl)CC1. The van der Waals surface area contributed by atoms with Crippen LogP contribution in [0.2, 0.25) is 0 Å². The molecule has 1 aliphatic rings. The molecule has 0 aromatic heterocycles. The number of allylic oxidation sites excluding steroid dienone is 1. The zero-order valence-corrected chi connectivity index (χ0v) is 9.19. The third-order valence-electron chi connectivity index (χ3n) is 2.80. The lowest BCUT2D eigenvalue weighted by Gasteiger charge is -2.26. The van der Waals surface area contributed by atoms with Crippen LogP contribution in [0.1, 0.15) is 32.6 Å². The molecular formula is C11H20ClN. The molecule has 1 aliphatic carbocycles. The molecule has 0 atom stereocenters. The number of halogens is 1. The van der Waals surface area contributed by atoms with E-state index in [1.807, 2.05) is 6.08 Å². The average molecular weight is 202 g/mol. The Balaban J connectivity index is 2.05. The van der Waals surface area contributed by atoms with Gasteiger partial charge in [-0.1, -0.05) is 19.1 Å². The molecule has 0 aromatic carbocycles. The van der Waals surface area contributed by atoms with E-state index in [2.05, 4.69) is 18.3 Å². The zero-order chi connectivity index (χ0) is 9.52. The van der Waals surface area contributed by atoms with E-state index in [4.69, 9.17) is 11.6 Å². The Morgan fingerprint density at radius 1 is 1.23 bits per heavy atom. The van der Waals surface area contributed by atoms with Crippen molar-refractivity contribution in [2.75, 3.05) is 12.4 Å². The van der Waals surface area contributed by atoms with Gasteiger partial charge in [-0.15, -0.1) is 11.6 Å². The highest BCUT2D eigenvalue weighted by Crippen LogP contribution is 2.23. The Kier molecular flexibility index (Phi) is 5.49. The van der Waals surface area contributed by atoms with Crippen LogP contribution in [0.5, 0.6) is 0 Å². The monoisotopic (exact) mass is 201 g/mol. The van der Waals surface area contributed by atoms with Crippen molar-refractivity contribution in [3.05, 3.63) is 12.2 Å². The Labute approximate surface area is 86.5 Å². The first kappa shape index (κ1) is 11.1. The first-order valence-corrected chi connectivity index (χ1v) is 5.80. The smallest absolute Gasteiger partial charge is 0.0404 e. The summed E-state index contributed by atoms with van der Waals surface area (Å²) < 4.78 is 0. The molecule has 1 nitrogen and oxygen atoms in total. The summed E-state index contributed by atoms with van der Waals surface area (Å²) in [7, 11) is 0. The third kappa shape index (κ3) is 4.68.